The molecule has 0 aliphatic heterocycles. The summed E-state index contributed by atoms with van der Waals surface area (Å²) in [6, 6.07) is 0.818. The molecular weight excluding hydrogens is 224 g/mol. The van der Waals surface area contributed by atoms with Crippen LogP contribution in [0.5, 0.6) is 0 Å². The van der Waals surface area contributed by atoms with Gasteiger partial charge in [0.15, 0.2) is 0 Å². The Hall–Kier alpha value is -0.570. The maximum Gasteiger partial charge on any atom is 0.222 e. The first-order valence-corrected chi connectivity index (χ1v) is 7.74. The van der Waals surface area contributed by atoms with E-state index in [4.69, 9.17) is 5.73 Å². The van der Waals surface area contributed by atoms with Crippen molar-refractivity contribution in [3.63, 3.8) is 0 Å². The second kappa shape index (κ2) is 8.52. The van der Waals surface area contributed by atoms with Crippen molar-refractivity contribution in [1.29, 1.82) is 0 Å². The van der Waals surface area contributed by atoms with Crippen LogP contribution in [0.25, 0.3) is 0 Å². The van der Waals surface area contributed by atoms with Gasteiger partial charge in [-0.1, -0.05) is 26.7 Å². The lowest BCUT2D eigenvalue weighted by Gasteiger charge is -2.36. The second-order valence-electron chi connectivity index (χ2n) is 5.61. The van der Waals surface area contributed by atoms with Crippen LogP contribution in [0.2, 0.25) is 0 Å². The minimum atomic E-state index is 0.361. The first kappa shape index (κ1) is 15.5. The van der Waals surface area contributed by atoms with Crippen LogP contribution in [0.3, 0.4) is 0 Å². The first-order valence-electron chi connectivity index (χ1n) is 7.74. The summed E-state index contributed by atoms with van der Waals surface area (Å²) in [5, 5.41) is 0. The van der Waals surface area contributed by atoms with Crippen molar-refractivity contribution in [2.24, 2.45) is 5.73 Å². The van der Waals surface area contributed by atoms with E-state index in [-0.39, 0.29) is 0 Å². The van der Waals surface area contributed by atoms with Gasteiger partial charge in [-0.15, -0.1) is 0 Å². The molecule has 3 nitrogen and oxygen atoms in total. The highest BCUT2D eigenvalue weighted by atomic mass is 16.2. The van der Waals surface area contributed by atoms with Gasteiger partial charge in [-0.3, -0.25) is 4.79 Å². The van der Waals surface area contributed by atoms with E-state index < -0.39 is 0 Å². The van der Waals surface area contributed by atoms with Gasteiger partial charge in [-0.2, -0.15) is 0 Å². The summed E-state index contributed by atoms with van der Waals surface area (Å²) in [6.45, 7) is 5.25. The molecule has 1 amide bonds. The Labute approximate surface area is 112 Å². The van der Waals surface area contributed by atoms with Crippen LogP contribution in [-0.4, -0.2) is 29.4 Å². The highest BCUT2D eigenvalue weighted by molar-refractivity contribution is 5.76. The third-order valence-electron chi connectivity index (χ3n) is 3.96. The molecule has 0 bridgehead atoms. The molecular formula is C15H30N2O. The Morgan fingerprint density at radius 1 is 1.11 bits per heavy atom. The largest absolute Gasteiger partial charge is 0.340 e. The van der Waals surface area contributed by atoms with Gasteiger partial charge in [0.25, 0.3) is 0 Å². The Morgan fingerprint density at radius 3 is 2.33 bits per heavy atom. The second-order valence-corrected chi connectivity index (χ2v) is 5.61. The van der Waals surface area contributed by atoms with Gasteiger partial charge in [0.05, 0.1) is 0 Å². The minimum absolute atomic E-state index is 0.361. The van der Waals surface area contributed by atoms with E-state index in [1.807, 2.05) is 0 Å². The third-order valence-corrected chi connectivity index (χ3v) is 3.96. The smallest absolute Gasteiger partial charge is 0.222 e. The van der Waals surface area contributed by atoms with Crippen LogP contribution in [0.15, 0.2) is 0 Å². The summed E-state index contributed by atoms with van der Waals surface area (Å²) in [5.41, 5.74) is 5.94. The average Bonchev–Trinajstić information content (AvgIpc) is 2.37. The van der Waals surface area contributed by atoms with E-state index in [0.29, 0.717) is 18.0 Å². The number of unbranched alkanes of at least 4 members (excludes halogenated alkanes) is 2. The molecule has 0 spiro atoms. The van der Waals surface area contributed by atoms with Crippen LogP contribution in [0, 0.1) is 0 Å². The predicted molar refractivity (Wildman–Crippen MR) is 76.4 cm³/mol. The van der Waals surface area contributed by atoms with Crippen LogP contribution >= 0.6 is 0 Å². The number of carbonyl (C=O) groups excluding carboxylic acids is 1. The molecule has 1 rings (SSSR count). The molecule has 3 heteroatoms. The number of rotatable bonds is 7. The van der Waals surface area contributed by atoms with Crippen molar-refractivity contribution >= 4 is 5.91 Å². The summed E-state index contributed by atoms with van der Waals surface area (Å²) in [7, 11) is 0. The fourth-order valence-electron chi connectivity index (χ4n) is 2.83. The molecule has 0 radical (unpaired) electrons. The first-order chi connectivity index (χ1) is 8.69. The molecule has 0 heterocycles. The van der Waals surface area contributed by atoms with Crippen molar-refractivity contribution in [1.82, 2.24) is 4.90 Å². The fraction of sp³-hybridized carbons (Fsp3) is 0.933. The zero-order valence-corrected chi connectivity index (χ0v) is 12.2. The number of nitrogens with zero attached hydrogens (tertiary/aromatic N) is 1. The van der Waals surface area contributed by atoms with E-state index >= 15 is 0 Å². The van der Waals surface area contributed by atoms with Gasteiger partial charge in [-0.25, -0.2) is 0 Å². The molecule has 1 aliphatic carbocycles. The highest BCUT2D eigenvalue weighted by Crippen LogP contribution is 2.23. The molecule has 0 unspecified atom stereocenters. The summed E-state index contributed by atoms with van der Waals surface area (Å²) < 4.78 is 0. The number of amides is 1. The monoisotopic (exact) mass is 254 g/mol. The van der Waals surface area contributed by atoms with Gasteiger partial charge in [-0.05, 0) is 38.5 Å². The molecule has 18 heavy (non-hydrogen) atoms. The van der Waals surface area contributed by atoms with Gasteiger partial charge < -0.3 is 10.6 Å². The molecule has 0 aromatic heterocycles. The van der Waals surface area contributed by atoms with Gasteiger partial charge in [0.2, 0.25) is 5.91 Å². The number of hydrogen-bond acceptors (Lipinski definition) is 2. The summed E-state index contributed by atoms with van der Waals surface area (Å²) >= 11 is 0. The number of carbonyl (C=O) groups is 1. The van der Waals surface area contributed by atoms with E-state index in [1.54, 1.807) is 0 Å². The van der Waals surface area contributed by atoms with Crippen LogP contribution in [-0.2, 0) is 4.79 Å². The SMILES string of the molecule is CCCCCC(=O)N(CCC)C1CCC(N)CC1. The van der Waals surface area contributed by atoms with Crippen molar-refractivity contribution in [3.8, 4) is 0 Å². The highest BCUT2D eigenvalue weighted by Gasteiger charge is 2.26. The standard InChI is InChI=1S/C15H30N2O/c1-3-5-6-7-15(18)17(12-4-2)14-10-8-13(16)9-11-14/h13-14H,3-12,16H2,1-2H3. The Balaban J connectivity index is 2.44. The lowest BCUT2D eigenvalue weighted by atomic mass is 9.90. The molecule has 106 valence electrons. The zero-order chi connectivity index (χ0) is 13.4. The molecule has 0 atom stereocenters. The van der Waals surface area contributed by atoms with Crippen molar-refractivity contribution in [2.45, 2.75) is 83.7 Å². The normalized spacial score (nSPS) is 23.9. The lowest BCUT2D eigenvalue weighted by molar-refractivity contribution is -0.134. The average molecular weight is 254 g/mol. The van der Waals surface area contributed by atoms with Gasteiger partial charge >= 0.3 is 0 Å². The van der Waals surface area contributed by atoms with Crippen molar-refractivity contribution < 1.29 is 4.79 Å². The van der Waals surface area contributed by atoms with E-state index in [9.17, 15) is 4.79 Å². The lowest BCUT2D eigenvalue weighted by Crippen LogP contribution is -2.44. The molecule has 1 fully saturated rings. The molecule has 0 aromatic rings. The molecule has 2 N–H and O–H groups in total. The fourth-order valence-corrected chi connectivity index (χ4v) is 2.83. The summed E-state index contributed by atoms with van der Waals surface area (Å²) in [5.74, 6) is 0.366. The van der Waals surface area contributed by atoms with Crippen molar-refractivity contribution in [2.75, 3.05) is 6.54 Å². The third kappa shape index (κ3) is 4.97. The molecule has 0 aromatic carbocycles. The van der Waals surface area contributed by atoms with Gasteiger partial charge in [0, 0.05) is 25.0 Å². The zero-order valence-electron chi connectivity index (χ0n) is 12.2. The quantitative estimate of drug-likeness (QED) is 0.710. The van der Waals surface area contributed by atoms with Crippen LogP contribution < -0.4 is 5.73 Å². The topological polar surface area (TPSA) is 46.3 Å². The van der Waals surface area contributed by atoms with Crippen LogP contribution in [0.1, 0.15) is 71.6 Å². The van der Waals surface area contributed by atoms with Gasteiger partial charge in [0.1, 0.15) is 0 Å². The maximum atomic E-state index is 12.3. The minimum Gasteiger partial charge on any atom is -0.340 e. The summed E-state index contributed by atoms with van der Waals surface area (Å²) in [6.07, 6.45) is 9.53. The summed E-state index contributed by atoms with van der Waals surface area (Å²) in [4.78, 5) is 14.4. The van der Waals surface area contributed by atoms with Crippen molar-refractivity contribution in [3.05, 3.63) is 0 Å². The molecule has 0 saturated heterocycles. The molecule has 1 aliphatic rings. The van der Waals surface area contributed by atoms with E-state index in [0.717, 1.165) is 51.5 Å². The Bertz CT molecular complexity index is 235. The van der Waals surface area contributed by atoms with Crippen LogP contribution in [0.4, 0.5) is 0 Å². The van der Waals surface area contributed by atoms with E-state index in [1.165, 1.54) is 12.8 Å². The van der Waals surface area contributed by atoms with E-state index in [2.05, 4.69) is 18.7 Å². The molecule has 1 saturated carbocycles. The number of hydrogen-bond donors (Lipinski definition) is 1. The maximum absolute atomic E-state index is 12.3. The Kier molecular flexibility index (Phi) is 7.33. The predicted octanol–water partition coefficient (Wildman–Crippen LogP) is 3.08. The Morgan fingerprint density at radius 2 is 1.78 bits per heavy atom. The number of nitrogens with two attached hydrogens (primary N) is 1.